The number of rotatable bonds is 5. The number of piperazine rings is 1. The Bertz CT molecular complexity index is 716. The van der Waals surface area contributed by atoms with Crippen LogP contribution in [0.15, 0.2) is 30.0 Å². The van der Waals surface area contributed by atoms with Crippen molar-refractivity contribution in [3.05, 3.63) is 41.1 Å². The maximum atomic E-state index is 13.1. The molecule has 1 fully saturated rings. The molecule has 0 bridgehead atoms. The zero-order chi connectivity index (χ0) is 18.8. The van der Waals surface area contributed by atoms with Crippen molar-refractivity contribution in [2.75, 3.05) is 39.3 Å². The van der Waals surface area contributed by atoms with Crippen molar-refractivity contribution in [3.63, 3.8) is 0 Å². The summed E-state index contributed by atoms with van der Waals surface area (Å²) in [6, 6.07) is 7.59. The summed E-state index contributed by atoms with van der Waals surface area (Å²) in [6.07, 6.45) is 0. The third-order valence-electron chi connectivity index (χ3n) is 5.05. The Labute approximate surface area is 154 Å². The smallest absolute Gasteiger partial charge is 0.278 e. The maximum Gasteiger partial charge on any atom is 0.278 e. The van der Waals surface area contributed by atoms with Crippen LogP contribution in [0.25, 0.3) is 5.57 Å². The van der Waals surface area contributed by atoms with Crippen LogP contribution in [0.3, 0.4) is 0 Å². The van der Waals surface area contributed by atoms with Crippen LogP contribution in [0.5, 0.6) is 0 Å². The predicted octanol–water partition coefficient (Wildman–Crippen LogP) is 1.09. The van der Waals surface area contributed by atoms with E-state index in [9.17, 15) is 9.59 Å². The molecule has 2 heterocycles. The molecule has 0 radical (unpaired) electrons. The van der Waals surface area contributed by atoms with Gasteiger partial charge >= 0.3 is 0 Å². The SMILES string of the molecule is Cc1ccc(C2=C(N3CCN(CCO)CC3)C(=O)N(C(C)C)C2=O)cc1. The molecule has 0 saturated carbocycles. The van der Waals surface area contributed by atoms with Gasteiger partial charge in [0.15, 0.2) is 0 Å². The monoisotopic (exact) mass is 357 g/mol. The van der Waals surface area contributed by atoms with Crippen LogP contribution in [0.2, 0.25) is 0 Å². The normalized spacial score (nSPS) is 19.3. The molecule has 1 aromatic carbocycles. The first-order valence-corrected chi connectivity index (χ1v) is 9.21. The van der Waals surface area contributed by atoms with Crippen LogP contribution in [-0.2, 0) is 9.59 Å². The summed E-state index contributed by atoms with van der Waals surface area (Å²) in [5.74, 6) is -0.405. The van der Waals surface area contributed by atoms with E-state index in [-0.39, 0.29) is 24.5 Å². The zero-order valence-electron chi connectivity index (χ0n) is 15.7. The van der Waals surface area contributed by atoms with Gasteiger partial charge in [-0.05, 0) is 26.3 Å². The second-order valence-corrected chi connectivity index (χ2v) is 7.22. The number of hydrogen-bond donors (Lipinski definition) is 1. The number of hydrogen-bond acceptors (Lipinski definition) is 5. The molecule has 0 spiro atoms. The summed E-state index contributed by atoms with van der Waals surface area (Å²) < 4.78 is 0. The molecule has 6 heteroatoms. The number of aliphatic hydroxyl groups excluding tert-OH is 1. The summed E-state index contributed by atoms with van der Waals surface area (Å²) in [5, 5.41) is 9.11. The number of carbonyl (C=O) groups is 2. The quantitative estimate of drug-likeness (QED) is 0.800. The highest BCUT2D eigenvalue weighted by molar-refractivity contribution is 6.35. The molecule has 6 nitrogen and oxygen atoms in total. The average Bonchev–Trinajstić information content (AvgIpc) is 2.87. The molecule has 0 aliphatic carbocycles. The highest BCUT2D eigenvalue weighted by Gasteiger charge is 2.43. The molecule has 0 unspecified atom stereocenters. The van der Waals surface area contributed by atoms with Gasteiger partial charge in [-0.3, -0.25) is 19.4 Å². The van der Waals surface area contributed by atoms with Crippen molar-refractivity contribution in [2.45, 2.75) is 26.8 Å². The van der Waals surface area contributed by atoms with E-state index in [0.29, 0.717) is 30.9 Å². The van der Waals surface area contributed by atoms with Crippen LogP contribution in [-0.4, -0.2) is 77.0 Å². The minimum absolute atomic E-state index is 0.135. The van der Waals surface area contributed by atoms with E-state index in [4.69, 9.17) is 5.11 Å². The van der Waals surface area contributed by atoms with Gasteiger partial charge in [0, 0.05) is 38.8 Å². The van der Waals surface area contributed by atoms with Crippen molar-refractivity contribution in [1.29, 1.82) is 0 Å². The van der Waals surface area contributed by atoms with Gasteiger partial charge in [0.1, 0.15) is 5.70 Å². The lowest BCUT2D eigenvalue weighted by Gasteiger charge is -2.36. The van der Waals surface area contributed by atoms with Gasteiger partial charge in [-0.15, -0.1) is 0 Å². The molecule has 0 atom stereocenters. The van der Waals surface area contributed by atoms with Crippen molar-refractivity contribution in [2.24, 2.45) is 0 Å². The molecule has 1 saturated heterocycles. The highest BCUT2D eigenvalue weighted by Crippen LogP contribution is 2.33. The first-order chi connectivity index (χ1) is 12.4. The van der Waals surface area contributed by atoms with Crippen molar-refractivity contribution in [3.8, 4) is 0 Å². The molecule has 0 aromatic heterocycles. The van der Waals surface area contributed by atoms with E-state index in [1.54, 1.807) is 0 Å². The Morgan fingerprint density at radius 1 is 1.00 bits per heavy atom. The van der Waals surface area contributed by atoms with E-state index in [1.807, 2.05) is 49.9 Å². The van der Waals surface area contributed by atoms with Crippen LogP contribution in [0.4, 0.5) is 0 Å². The lowest BCUT2D eigenvalue weighted by molar-refractivity contribution is -0.139. The number of imide groups is 1. The van der Waals surface area contributed by atoms with Gasteiger partial charge in [0.25, 0.3) is 11.8 Å². The minimum Gasteiger partial charge on any atom is -0.395 e. The van der Waals surface area contributed by atoms with E-state index in [2.05, 4.69) is 4.90 Å². The van der Waals surface area contributed by atoms with Crippen LogP contribution < -0.4 is 0 Å². The molecule has 1 N–H and O–H groups in total. The summed E-state index contributed by atoms with van der Waals surface area (Å²) in [6.45, 7) is 9.41. The third kappa shape index (κ3) is 3.39. The molecule has 2 aliphatic rings. The first-order valence-electron chi connectivity index (χ1n) is 9.21. The van der Waals surface area contributed by atoms with Gasteiger partial charge in [-0.25, -0.2) is 0 Å². The lowest BCUT2D eigenvalue weighted by Crippen LogP contribution is -2.48. The predicted molar refractivity (Wildman–Crippen MR) is 100 cm³/mol. The lowest BCUT2D eigenvalue weighted by atomic mass is 10.0. The second kappa shape index (κ2) is 7.60. The van der Waals surface area contributed by atoms with E-state index in [0.717, 1.165) is 24.2 Å². The maximum absolute atomic E-state index is 13.1. The molecule has 140 valence electrons. The topological polar surface area (TPSA) is 64.1 Å². The Kier molecular flexibility index (Phi) is 5.44. The summed E-state index contributed by atoms with van der Waals surface area (Å²) in [5.41, 5.74) is 2.95. The molecule has 26 heavy (non-hydrogen) atoms. The van der Waals surface area contributed by atoms with Gasteiger partial charge < -0.3 is 10.0 Å². The van der Waals surface area contributed by atoms with Gasteiger partial charge in [-0.2, -0.15) is 0 Å². The average molecular weight is 357 g/mol. The zero-order valence-corrected chi connectivity index (χ0v) is 15.7. The minimum atomic E-state index is -0.207. The number of carbonyl (C=O) groups excluding carboxylic acids is 2. The molecule has 1 aromatic rings. The second-order valence-electron chi connectivity index (χ2n) is 7.22. The molecule has 3 rings (SSSR count). The van der Waals surface area contributed by atoms with Crippen LogP contribution in [0.1, 0.15) is 25.0 Å². The van der Waals surface area contributed by atoms with Crippen molar-refractivity contribution >= 4 is 17.4 Å². The fourth-order valence-electron chi connectivity index (χ4n) is 3.61. The van der Waals surface area contributed by atoms with E-state index >= 15 is 0 Å². The summed E-state index contributed by atoms with van der Waals surface area (Å²) in [4.78, 5) is 31.7. The number of β-amino-alcohol motifs (C(OH)–C–C–N with tert-alkyl or cyclic N) is 1. The van der Waals surface area contributed by atoms with Crippen molar-refractivity contribution < 1.29 is 14.7 Å². The summed E-state index contributed by atoms with van der Waals surface area (Å²) in [7, 11) is 0. The Morgan fingerprint density at radius 2 is 1.62 bits per heavy atom. The molecular weight excluding hydrogens is 330 g/mol. The largest absolute Gasteiger partial charge is 0.395 e. The number of amides is 2. The number of benzene rings is 1. The van der Waals surface area contributed by atoms with E-state index in [1.165, 1.54) is 4.90 Å². The Balaban J connectivity index is 1.97. The Morgan fingerprint density at radius 3 is 2.15 bits per heavy atom. The number of nitrogens with zero attached hydrogens (tertiary/aromatic N) is 3. The van der Waals surface area contributed by atoms with E-state index < -0.39 is 0 Å². The standard InChI is InChI=1S/C20H27N3O3/c1-14(2)23-19(25)17(16-6-4-15(3)5-7-16)18(20(23)26)22-10-8-21(9-11-22)12-13-24/h4-7,14,24H,8-13H2,1-3H3. The summed E-state index contributed by atoms with van der Waals surface area (Å²) >= 11 is 0. The van der Waals surface area contributed by atoms with Gasteiger partial charge in [-0.1, -0.05) is 29.8 Å². The fraction of sp³-hybridized carbons (Fsp3) is 0.500. The van der Waals surface area contributed by atoms with Crippen LogP contribution in [0, 0.1) is 6.92 Å². The third-order valence-corrected chi connectivity index (χ3v) is 5.05. The number of aliphatic hydroxyl groups is 1. The van der Waals surface area contributed by atoms with Crippen LogP contribution >= 0.6 is 0 Å². The fourth-order valence-corrected chi connectivity index (χ4v) is 3.61. The van der Waals surface area contributed by atoms with Gasteiger partial charge in [0.05, 0.1) is 12.2 Å². The number of aryl methyl sites for hydroxylation is 1. The molecule has 2 amide bonds. The first kappa shape index (κ1) is 18.6. The van der Waals surface area contributed by atoms with Crippen molar-refractivity contribution in [1.82, 2.24) is 14.7 Å². The Hall–Kier alpha value is -2.18. The molecule has 2 aliphatic heterocycles. The highest BCUT2D eigenvalue weighted by atomic mass is 16.3. The molecular formula is C20H27N3O3. The van der Waals surface area contributed by atoms with Gasteiger partial charge in [0.2, 0.25) is 0 Å².